The van der Waals surface area contributed by atoms with Gasteiger partial charge in [-0.1, -0.05) is 23.7 Å². The molecule has 26 heavy (non-hydrogen) atoms. The number of amides is 2. The highest BCUT2D eigenvalue weighted by Crippen LogP contribution is 2.32. The zero-order valence-electron chi connectivity index (χ0n) is 14.8. The molecule has 1 heterocycles. The Balaban J connectivity index is 2.08. The fourth-order valence-electron chi connectivity index (χ4n) is 2.91. The largest absolute Gasteiger partial charge is 0.497 e. The molecular formula is C20H19ClN2O3. The number of halogens is 1. The second-order valence-electron chi connectivity index (χ2n) is 5.92. The predicted molar refractivity (Wildman–Crippen MR) is 102 cm³/mol. The summed E-state index contributed by atoms with van der Waals surface area (Å²) < 4.78 is 5.17. The number of carbonyl (C=O) groups is 2. The molecule has 0 atom stereocenters. The second-order valence-corrected chi connectivity index (χ2v) is 6.35. The highest BCUT2D eigenvalue weighted by Gasteiger charge is 2.38. The normalized spacial score (nSPS) is 14.2. The van der Waals surface area contributed by atoms with E-state index in [-0.39, 0.29) is 17.5 Å². The Kier molecular flexibility index (Phi) is 5.00. The van der Waals surface area contributed by atoms with Gasteiger partial charge in [0, 0.05) is 17.3 Å². The monoisotopic (exact) mass is 370 g/mol. The Morgan fingerprint density at radius 3 is 2.35 bits per heavy atom. The van der Waals surface area contributed by atoms with Gasteiger partial charge in [-0.25, -0.2) is 0 Å². The van der Waals surface area contributed by atoms with Gasteiger partial charge < -0.3 is 10.1 Å². The van der Waals surface area contributed by atoms with Gasteiger partial charge in [0.1, 0.15) is 11.4 Å². The van der Waals surface area contributed by atoms with E-state index >= 15 is 0 Å². The average molecular weight is 371 g/mol. The van der Waals surface area contributed by atoms with Crippen molar-refractivity contribution in [3.8, 4) is 5.75 Å². The van der Waals surface area contributed by atoms with E-state index in [1.807, 2.05) is 6.92 Å². The van der Waals surface area contributed by atoms with Crippen LogP contribution in [0.3, 0.4) is 0 Å². The lowest BCUT2D eigenvalue weighted by Gasteiger charge is -2.13. The third kappa shape index (κ3) is 3.18. The number of likely N-dealkylation sites (N-methyl/N-ethyl adjacent to an activating group) is 1. The number of imide groups is 1. The summed E-state index contributed by atoms with van der Waals surface area (Å²) in [6, 6.07) is 12.4. The van der Waals surface area contributed by atoms with Crippen molar-refractivity contribution in [2.75, 3.05) is 19.0 Å². The molecule has 2 aromatic carbocycles. The number of rotatable bonds is 5. The van der Waals surface area contributed by atoms with Crippen molar-refractivity contribution in [3.63, 3.8) is 0 Å². The van der Waals surface area contributed by atoms with Crippen LogP contribution in [-0.4, -0.2) is 30.4 Å². The maximum atomic E-state index is 12.8. The van der Waals surface area contributed by atoms with E-state index < -0.39 is 0 Å². The van der Waals surface area contributed by atoms with Crippen LogP contribution in [0.4, 0.5) is 5.69 Å². The molecule has 0 radical (unpaired) electrons. The Morgan fingerprint density at radius 2 is 1.77 bits per heavy atom. The standard InChI is InChI=1S/C20H19ClN2O3/c1-4-23-19(24)17(13-5-8-15(26-3)9-6-13)18(20(23)25)22-16-10-7-14(21)11-12(16)2/h5-11,22H,4H2,1-3H3. The summed E-state index contributed by atoms with van der Waals surface area (Å²) in [5, 5.41) is 3.75. The molecule has 0 aromatic heterocycles. The summed E-state index contributed by atoms with van der Waals surface area (Å²) in [6.07, 6.45) is 0. The van der Waals surface area contributed by atoms with E-state index in [0.29, 0.717) is 28.5 Å². The minimum absolute atomic E-state index is 0.271. The summed E-state index contributed by atoms with van der Waals surface area (Å²) >= 11 is 6.00. The molecule has 0 saturated carbocycles. The molecule has 1 N–H and O–H groups in total. The zero-order chi connectivity index (χ0) is 18.8. The summed E-state index contributed by atoms with van der Waals surface area (Å²) in [6.45, 7) is 3.97. The minimum Gasteiger partial charge on any atom is -0.497 e. The SMILES string of the molecule is CCN1C(=O)C(Nc2ccc(Cl)cc2C)=C(c2ccc(OC)cc2)C1=O. The van der Waals surface area contributed by atoms with Crippen LogP contribution >= 0.6 is 11.6 Å². The van der Waals surface area contributed by atoms with E-state index in [1.54, 1.807) is 56.5 Å². The van der Waals surface area contributed by atoms with E-state index in [9.17, 15) is 9.59 Å². The van der Waals surface area contributed by atoms with Gasteiger partial charge in [-0.15, -0.1) is 0 Å². The van der Waals surface area contributed by atoms with Crippen LogP contribution in [0.5, 0.6) is 5.75 Å². The van der Waals surface area contributed by atoms with Gasteiger partial charge in [-0.05, 0) is 55.3 Å². The van der Waals surface area contributed by atoms with Gasteiger partial charge in [0.25, 0.3) is 11.8 Å². The lowest BCUT2D eigenvalue weighted by atomic mass is 10.0. The molecular weight excluding hydrogens is 352 g/mol. The smallest absolute Gasteiger partial charge is 0.278 e. The molecule has 134 valence electrons. The van der Waals surface area contributed by atoms with Gasteiger partial charge in [-0.3, -0.25) is 14.5 Å². The van der Waals surface area contributed by atoms with Gasteiger partial charge in [0.05, 0.1) is 12.7 Å². The van der Waals surface area contributed by atoms with Crippen molar-refractivity contribution in [1.29, 1.82) is 0 Å². The molecule has 1 aliphatic heterocycles. The Morgan fingerprint density at radius 1 is 1.08 bits per heavy atom. The summed E-state index contributed by atoms with van der Waals surface area (Å²) in [7, 11) is 1.58. The third-order valence-electron chi connectivity index (χ3n) is 4.31. The van der Waals surface area contributed by atoms with Crippen molar-refractivity contribution in [2.45, 2.75) is 13.8 Å². The van der Waals surface area contributed by atoms with Crippen LogP contribution in [0.1, 0.15) is 18.1 Å². The third-order valence-corrected chi connectivity index (χ3v) is 4.55. The molecule has 0 fully saturated rings. The molecule has 2 aromatic rings. The Labute approximate surface area is 157 Å². The Bertz CT molecular complexity index is 904. The molecule has 0 spiro atoms. The van der Waals surface area contributed by atoms with Crippen molar-refractivity contribution < 1.29 is 14.3 Å². The van der Waals surface area contributed by atoms with Crippen molar-refractivity contribution in [2.24, 2.45) is 0 Å². The second kappa shape index (κ2) is 7.22. The number of anilines is 1. The lowest BCUT2D eigenvalue weighted by Crippen LogP contribution is -2.32. The van der Waals surface area contributed by atoms with Crippen LogP contribution < -0.4 is 10.1 Å². The van der Waals surface area contributed by atoms with Crippen LogP contribution in [-0.2, 0) is 9.59 Å². The van der Waals surface area contributed by atoms with Crippen LogP contribution in [0.15, 0.2) is 48.2 Å². The summed E-state index contributed by atoms with van der Waals surface area (Å²) in [5.74, 6) is 0.0379. The highest BCUT2D eigenvalue weighted by molar-refractivity contribution is 6.36. The van der Waals surface area contributed by atoms with Crippen molar-refractivity contribution in [3.05, 3.63) is 64.3 Å². The van der Waals surface area contributed by atoms with E-state index in [4.69, 9.17) is 16.3 Å². The van der Waals surface area contributed by atoms with Crippen molar-refractivity contribution in [1.82, 2.24) is 4.90 Å². The molecule has 3 rings (SSSR count). The first-order valence-electron chi connectivity index (χ1n) is 8.24. The quantitative estimate of drug-likeness (QED) is 0.812. The maximum absolute atomic E-state index is 12.8. The number of methoxy groups -OCH3 is 1. The molecule has 5 nitrogen and oxygen atoms in total. The fraction of sp³-hybridized carbons (Fsp3) is 0.200. The summed E-state index contributed by atoms with van der Waals surface area (Å²) in [5.41, 5.74) is 2.90. The van der Waals surface area contributed by atoms with E-state index in [1.165, 1.54) is 4.90 Å². The van der Waals surface area contributed by atoms with Gasteiger partial charge in [0.2, 0.25) is 0 Å². The van der Waals surface area contributed by atoms with Gasteiger partial charge in [0.15, 0.2) is 0 Å². The van der Waals surface area contributed by atoms with Crippen LogP contribution in [0, 0.1) is 6.92 Å². The number of nitrogens with zero attached hydrogens (tertiary/aromatic N) is 1. The average Bonchev–Trinajstić information content (AvgIpc) is 2.87. The van der Waals surface area contributed by atoms with E-state index in [0.717, 1.165) is 11.3 Å². The Hall–Kier alpha value is -2.79. The molecule has 0 aliphatic carbocycles. The number of ether oxygens (including phenoxy) is 1. The first-order chi connectivity index (χ1) is 12.5. The minimum atomic E-state index is -0.335. The summed E-state index contributed by atoms with van der Waals surface area (Å²) in [4.78, 5) is 26.8. The number of hydrogen-bond acceptors (Lipinski definition) is 4. The van der Waals surface area contributed by atoms with Crippen molar-refractivity contribution >= 4 is 34.7 Å². The van der Waals surface area contributed by atoms with Crippen LogP contribution in [0.2, 0.25) is 5.02 Å². The first kappa shape index (κ1) is 18.0. The maximum Gasteiger partial charge on any atom is 0.278 e. The highest BCUT2D eigenvalue weighted by atomic mass is 35.5. The number of aryl methyl sites for hydroxylation is 1. The van der Waals surface area contributed by atoms with Gasteiger partial charge >= 0.3 is 0 Å². The topological polar surface area (TPSA) is 58.6 Å². The number of nitrogens with one attached hydrogen (secondary N) is 1. The molecule has 0 bridgehead atoms. The fourth-order valence-corrected chi connectivity index (χ4v) is 3.13. The number of carbonyl (C=O) groups excluding carboxylic acids is 2. The van der Waals surface area contributed by atoms with Gasteiger partial charge in [-0.2, -0.15) is 0 Å². The molecule has 0 saturated heterocycles. The molecule has 6 heteroatoms. The number of benzene rings is 2. The first-order valence-corrected chi connectivity index (χ1v) is 8.62. The zero-order valence-corrected chi connectivity index (χ0v) is 15.6. The molecule has 1 aliphatic rings. The predicted octanol–water partition coefficient (Wildman–Crippen LogP) is 3.87. The number of hydrogen-bond donors (Lipinski definition) is 1. The van der Waals surface area contributed by atoms with Crippen LogP contribution in [0.25, 0.3) is 5.57 Å². The molecule has 0 unspecified atom stereocenters. The lowest BCUT2D eigenvalue weighted by molar-refractivity contribution is -0.136. The molecule has 2 amide bonds. The van der Waals surface area contributed by atoms with E-state index in [2.05, 4.69) is 5.32 Å².